The van der Waals surface area contributed by atoms with Crippen molar-refractivity contribution in [2.75, 3.05) is 13.2 Å². The van der Waals surface area contributed by atoms with E-state index < -0.39 is 21.5 Å². The van der Waals surface area contributed by atoms with E-state index in [1.165, 1.54) is 0 Å². The number of aromatic amines is 1. The Labute approximate surface area is 123 Å². The highest BCUT2D eigenvalue weighted by atomic mass is 32.2. The van der Waals surface area contributed by atoms with Gasteiger partial charge in [0.15, 0.2) is 5.03 Å². The van der Waals surface area contributed by atoms with E-state index in [4.69, 9.17) is 10.5 Å². The van der Waals surface area contributed by atoms with Crippen LogP contribution in [0, 0.1) is 0 Å². The molecule has 1 aliphatic carbocycles. The summed E-state index contributed by atoms with van der Waals surface area (Å²) in [5, 5.41) is 5.72. The number of nitrogens with one attached hydrogen (secondary N) is 2. The van der Waals surface area contributed by atoms with Crippen molar-refractivity contribution in [2.24, 2.45) is 5.73 Å². The van der Waals surface area contributed by atoms with Crippen LogP contribution in [0.4, 0.5) is 0 Å². The standard InChI is InChI=1S/C12H20N4O4S/c1-2-20-11(17)9-7-14-15-10(9)21(18,19)16-12(8-13)5-3-4-6-12/h7,16H,2-6,8,13H2,1H3,(H,14,15). The minimum absolute atomic E-state index is 0.102. The van der Waals surface area contributed by atoms with Gasteiger partial charge in [0.05, 0.1) is 12.8 Å². The summed E-state index contributed by atoms with van der Waals surface area (Å²) >= 11 is 0. The number of nitrogens with two attached hydrogens (primary N) is 1. The van der Waals surface area contributed by atoms with Crippen molar-refractivity contribution >= 4 is 16.0 Å². The van der Waals surface area contributed by atoms with Crippen LogP contribution in [0.5, 0.6) is 0 Å². The number of sulfonamides is 1. The van der Waals surface area contributed by atoms with Crippen molar-refractivity contribution in [2.45, 2.75) is 43.2 Å². The Balaban J connectivity index is 2.28. The molecule has 1 heterocycles. The van der Waals surface area contributed by atoms with E-state index in [1.807, 2.05) is 0 Å². The zero-order valence-corrected chi connectivity index (χ0v) is 12.7. The van der Waals surface area contributed by atoms with Crippen LogP contribution in [-0.2, 0) is 14.8 Å². The molecule has 1 aromatic rings. The summed E-state index contributed by atoms with van der Waals surface area (Å²) in [7, 11) is -3.91. The van der Waals surface area contributed by atoms with Gasteiger partial charge in [-0.05, 0) is 19.8 Å². The summed E-state index contributed by atoms with van der Waals surface area (Å²) < 4.78 is 32.4. The smallest absolute Gasteiger partial charge is 0.342 e. The Kier molecular flexibility index (Phi) is 4.64. The minimum Gasteiger partial charge on any atom is -0.462 e. The van der Waals surface area contributed by atoms with Crippen molar-refractivity contribution in [3.63, 3.8) is 0 Å². The number of esters is 1. The molecule has 0 amide bonds. The number of hydrogen-bond donors (Lipinski definition) is 3. The van der Waals surface area contributed by atoms with Gasteiger partial charge in [-0.1, -0.05) is 12.8 Å². The Bertz CT molecular complexity index is 605. The Morgan fingerprint density at radius 2 is 2.19 bits per heavy atom. The normalized spacial score (nSPS) is 17.8. The third kappa shape index (κ3) is 3.25. The minimum atomic E-state index is -3.91. The number of ether oxygens (including phenoxy) is 1. The summed E-state index contributed by atoms with van der Waals surface area (Å²) in [6.45, 7) is 2.02. The zero-order chi connectivity index (χ0) is 15.5. The van der Waals surface area contributed by atoms with Gasteiger partial charge in [0.2, 0.25) is 0 Å². The van der Waals surface area contributed by atoms with Gasteiger partial charge in [0.1, 0.15) is 5.56 Å². The van der Waals surface area contributed by atoms with Gasteiger partial charge >= 0.3 is 5.97 Å². The number of nitrogens with zero attached hydrogens (tertiary/aromatic N) is 1. The van der Waals surface area contributed by atoms with Crippen molar-refractivity contribution in [3.05, 3.63) is 11.8 Å². The maximum absolute atomic E-state index is 12.5. The average molecular weight is 316 g/mol. The molecule has 0 spiro atoms. The molecule has 118 valence electrons. The number of carbonyl (C=O) groups excluding carboxylic acids is 1. The lowest BCUT2D eigenvalue weighted by atomic mass is 10.0. The highest BCUT2D eigenvalue weighted by molar-refractivity contribution is 7.89. The van der Waals surface area contributed by atoms with Crippen LogP contribution >= 0.6 is 0 Å². The predicted molar refractivity (Wildman–Crippen MR) is 75.1 cm³/mol. The fraction of sp³-hybridized carbons (Fsp3) is 0.667. The molecule has 0 aromatic carbocycles. The van der Waals surface area contributed by atoms with E-state index in [2.05, 4.69) is 14.9 Å². The van der Waals surface area contributed by atoms with E-state index in [1.54, 1.807) is 6.92 Å². The first kappa shape index (κ1) is 15.9. The number of H-pyrrole nitrogens is 1. The van der Waals surface area contributed by atoms with Crippen molar-refractivity contribution < 1.29 is 17.9 Å². The summed E-state index contributed by atoms with van der Waals surface area (Å²) in [5.74, 6) is -0.722. The van der Waals surface area contributed by atoms with Gasteiger partial charge in [-0.3, -0.25) is 5.10 Å². The lowest BCUT2D eigenvalue weighted by Gasteiger charge is -2.27. The second-order valence-electron chi connectivity index (χ2n) is 5.13. The first-order chi connectivity index (χ1) is 9.94. The van der Waals surface area contributed by atoms with Crippen molar-refractivity contribution in [3.8, 4) is 0 Å². The largest absolute Gasteiger partial charge is 0.462 e. The van der Waals surface area contributed by atoms with E-state index >= 15 is 0 Å². The van der Waals surface area contributed by atoms with Gasteiger partial charge in [-0.15, -0.1) is 0 Å². The maximum atomic E-state index is 12.5. The number of rotatable bonds is 6. The Hall–Kier alpha value is -1.45. The van der Waals surface area contributed by atoms with Gasteiger partial charge < -0.3 is 10.5 Å². The third-order valence-corrected chi connectivity index (χ3v) is 5.22. The van der Waals surface area contributed by atoms with E-state index in [9.17, 15) is 13.2 Å². The monoisotopic (exact) mass is 316 g/mol. The summed E-state index contributed by atoms with van der Waals surface area (Å²) in [6.07, 6.45) is 4.37. The zero-order valence-electron chi connectivity index (χ0n) is 11.9. The quantitative estimate of drug-likeness (QED) is 0.640. The molecule has 0 atom stereocenters. The molecular formula is C12H20N4O4S. The van der Waals surface area contributed by atoms with Crippen molar-refractivity contribution in [1.82, 2.24) is 14.9 Å². The van der Waals surface area contributed by atoms with E-state index in [0.717, 1.165) is 19.0 Å². The van der Waals surface area contributed by atoms with E-state index in [-0.39, 0.29) is 23.7 Å². The van der Waals surface area contributed by atoms with Gasteiger partial charge in [0, 0.05) is 12.1 Å². The molecular weight excluding hydrogens is 296 g/mol. The van der Waals surface area contributed by atoms with E-state index in [0.29, 0.717) is 12.8 Å². The molecule has 0 saturated heterocycles. The van der Waals surface area contributed by atoms with Crippen LogP contribution < -0.4 is 10.5 Å². The molecule has 0 radical (unpaired) electrons. The van der Waals surface area contributed by atoms with Crippen LogP contribution in [0.2, 0.25) is 0 Å². The Morgan fingerprint density at radius 1 is 1.52 bits per heavy atom. The van der Waals surface area contributed by atoms with Crippen LogP contribution in [-0.4, -0.2) is 43.3 Å². The van der Waals surface area contributed by atoms with Crippen LogP contribution in [0.3, 0.4) is 0 Å². The molecule has 1 fully saturated rings. The summed E-state index contributed by atoms with van der Waals surface area (Å²) in [5.41, 5.74) is 4.99. The van der Waals surface area contributed by atoms with Crippen molar-refractivity contribution in [1.29, 1.82) is 0 Å². The molecule has 0 aliphatic heterocycles. The SMILES string of the molecule is CCOC(=O)c1cn[nH]c1S(=O)(=O)NC1(CN)CCCC1. The van der Waals surface area contributed by atoms with Crippen LogP contribution in [0.1, 0.15) is 43.0 Å². The molecule has 1 saturated carbocycles. The molecule has 8 nitrogen and oxygen atoms in total. The van der Waals surface area contributed by atoms with Gasteiger partial charge in [-0.2, -0.15) is 5.10 Å². The lowest BCUT2D eigenvalue weighted by Crippen LogP contribution is -2.51. The second kappa shape index (κ2) is 6.12. The molecule has 0 bridgehead atoms. The fourth-order valence-corrected chi connectivity index (χ4v) is 4.13. The second-order valence-corrected chi connectivity index (χ2v) is 6.75. The first-order valence-electron chi connectivity index (χ1n) is 6.89. The first-order valence-corrected chi connectivity index (χ1v) is 8.37. The molecule has 9 heteroatoms. The molecule has 4 N–H and O–H groups in total. The third-order valence-electron chi connectivity index (χ3n) is 3.67. The average Bonchev–Trinajstić information content (AvgIpc) is 3.07. The number of aromatic nitrogens is 2. The van der Waals surface area contributed by atoms with Crippen LogP contribution in [0.15, 0.2) is 11.2 Å². The maximum Gasteiger partial charge on any atom is 0.342 e. The molecule has 1 aromatic heterocycles. The molecule has 1 aliphatic rings. The van der Waals surface area contributed by atoms with Gasteiger partial charge in [-0.25, -0.2) is 17.9 Å². The predicted octanol–water partition coefficient (Wildman–Crippen LogP) is 0.136. The molecule has 2 rings (SSSR count). The topological polar surface area (TPSA) is 127 Å². The highest BCUT2D eigenvalue weighted by Gasteiger charge is 2.38. The van der Waals surface area contributed by atoms with Gasteiger partial charge in [0.25, 0.3) is 10.0 Å². The Morgan fingerprint density at radius 3 is 2.76 bits per heavy atom. The van der Waals surface area contributed by atoms with Crippen LogP contribution in [0.25, 0.3) is 0 Å². The number of carbonyl (C=O) groups is 1. The highest BCUT2D eigenvalue weighted by Crippen LogP contribution is 2.30. The molecule has 21 heavy (non-hydrogen) atoms. The number of hydrogen-bond acceptors (Lipinski definition) is 6. The summed E-state index contributed by atoms with van der Waals surface area (Å²) in [4.78, 5) is 11.8. The summed E-state index contributed by atoms with van der Waals surface area (Å²) in [6, 6.07) is 0. The lowest BCUT2D eigenvalue weighted by molar-refractivity contribution is 0.0521. The fourth-order valence-electron chi connectivity index (χ4n) is 2.57. The molecule has 0 unspecified atom stereocenters.